The molecule has 0 aliphatic rings. The van der Waals surface area contributed by atoms with Gasteiger partial charge in [0.25, 0.3) is 0 Å². The summed E-state index contributed by atoms with van der Waals surface area (Å²) in [5, 5.41) is 1.44. The first-order valence-corrected chi connectivity index (χ1v) is 11.5. The van der Waals surface area contributed by atoms with E-state index in [9.17, 15) is 9.59 Å². The van der Waals surface area contributed by atoms with Gasteiger partial charge in [-0.05, 0) is 75.6 Å². The number of nitrogens with zero attached hydrogens (tertiary/aromatic N) is 1. The number of carbonyl (C=O) groups excluding carboxylic acids is 2. The molecule has 7 heteroatoms. The molecule has 0 amide bonds. The molecule has 0 saturated carbocycles. The summed E-state index contributed by atoms with van der Waals surface area (Å²) in [6, 6.07) is 13.1. The summed E-state index contributed by atoms with van der Waals surface area (Å²) in [6.45, 7) is 11.1. The molecule has 34 heavy (non-hydrogen) atoms. The molecule has 0 unspecified atom stereocenters. The zero-order valence-electron chi connectivity index (χ0n) is 20.4. The normalized spacial score (nSPS) is 12.4. The zero-order chi connectivity index (χ0) is 25.0. The van der Waals surface area contributed by atoms with Crippen molar-refractivity contribution in [2.24, 2.45) is 0 Å². The highest BCUT2D eigenvalue weighted by Crippen LogP contribution is 2.40. The van der Waals surface area contributed by atoms with Gasteiger partial charge in [-0.2, -0.15) is 0 Å². The van der Waals surface area contributed by atoms with Crippen LogP contribution in [0.25, 0.3) is 22.0 Å². The van der Waals surface area contributed by atoms with Gasteiger partial charge in [-0.3, -0.25) is 4.79 Å². The topological polar surface area (TPSA) is 74.7 Å². The molecule has 1 heterocycles. The van der Waals surface area contributed by atoms with Crippen molar-refractivity contribution in [2.75, 3.05) is 6.61 Å². The number of aryl methyl sites for hydroxylation is 1. The van der Waals surface area contributed by atoms with E-state index < -0.39 is 17.7 Å². The minimum Gasteiger partial charge on any atom is -0.464 e. The van der Waals surface area contributed by atoms with E-state index in [2.05, 4.69) is 0 Å². The Labute approximate surface area is 205 Å². The molecule has 3 rings (SSSR count). The molecule has 6 nitrogen and oxygen atoms in total. The van der Waals surface area contributed by atoms with Crippen molar-refractivity contribution in [3.63, 3.8) is 0 Å². The highest BCUT2D eigenvalue weighted by molar-refractivity contribution is 6.30. The van der Waals surface area contributed by atoms with Crippen LogP contribution >= 0.6 is 11.6 Å². The van der Waals surface area contributed by atoms with Gasteiger partial charge in [0.2, 0.25) is 0 Å². The molecule has 0 bridgehead atoms. The Morgan fingerprint density at radius 2 is 1.74 bits per heavy atom. The first-order valence-electron chi connectivity index (χ1n) is 11.2. The van der Waals surface area contributed by atoms with E-state index in [0.717, 1.165) is 27.6 Å². The Morgan fingerprint density at radius 3 is 2.32 bits per heavy atom. The quantitative estimate of drug-likeness (QED) is 0.365. The van der Waals surface area contributed by atoms with Crippen molar-refractivity contribution in [3.8, 4) is 11.1 Å². The summed E-state index contributed by atoms with van der Waals surface area (Å²) in [7, 11) is 0. The summed E-state index contributed by atoms with van der Waals surface area (Å²) in [6.07, 6.45) is -0.934. The molecule has 0 fully saturated rings. The number of rotatable bonds is 7. The Bertz CT molecular complexity index is 1200. The number of carbonyl (C=O) groups is 2. The zero-order valence-corrected chi connectivity index (χ0v) is 21.2. The van der Waals surface area contributed by atoms with Gasteiger partial charge in [-0.1, -0.05) is 29.8 Å². The fraction of sp³-hybridized carbons (Fsp3) is 0.370. The van der Waals surface area contributed by atoms with Gasteiger partial charge in [0, 0.05) is 22.9 Å². The number of ether oxygens (including phenoxy) is 3. The van der Waals surface area contributed by atoms with E-state index >= 15 is 0 Å². The second-order valence-corrected chi connectivity index (χ2v) is 9.44. The van der Waals surface area contributed by atoms with Crippen molar-refractivity contribution in [2.45, 2.75) is 59.9 Å². The molecule has 0 aliphatic heterocycles. The highest BCUT2D eigenvalue weighted by atomic mass is 35.5. The van der Waals surface area contributed by atoms with Crippen LogP contribution in [0.5, 0.6) is 0 Å². The molecule has 1 aromatic heterocycles. The average molecular weight is 484 g/mol. The van der Waals surface area contributed by atoms with Crippen LogP contribution in [0, 0.1) is 6.92 Å². The van der Waals surface area contributed by atoms with Crippen LogP contribution in [0.2, 0.25) is 5.02 Å². The van der Waals surface area contributed by atoms with Crippen LogP contribution in [0.3, 0.4) is 0 Å². The molecule has 2 aromatic carbocycles. The predicted molar refractivity (Wildman–Crippen MR) is 133 cm³/mol. The number of pyridine rings is 1. The third kappa shape index (κ3) is 6.13. The van der Waals surface area contributed by atoms with Gasteiger partial charge in [0.05, 0.1) is 23.4 Å². The van der Waals surface area contributed by atoms with Crippen LogP contribution < -0.4 is 0 Å². The van der Waals surface area contributed by atoms with Gasteiger partial charge in [0.15, 0.2) is 6.10 Å². The van der Waals surface area contributed by atoms with Gasteiger partial charge in [-0.15, -0.1) is 0 Å². The van der Waals surface area contributed by atoms with E-state index in [1.807, 2.05) is 58.0 Å². The third-order valence-corrected chi connectivity index (χ3v) is 5.34. The van der Waals surface area contributed by atoms with E-state index in [1.165, 1.54) is 6.92 Å². The van der Waals surface area contributed by atoms with E-state index in [4.69, 9.17) is 30.8 Å². The SMILES string of the molecule is CCOC(=O)[C@@H](OC(C)(C)C)c1c(C)cc2nc(COC(C)=O)ccc2c1-c1ccc(Cl)cc1. The van der Waals surface area contributed by atoms with Crippen molar-refractivity contribution in [1.29, 1.82) is 0 Å². The standard InChI is InChI=1S/C27H30ClNO5/c1-7-32-26(31)25(34-27(4,5)6)23-16(2)14-22-21(13-12-20(29-22)15-33-17(3)30)24(23)18-8-10-19(28)11-9-18/h8-14,25H,7,15H2,1-6H3/t25-/m0/s1. The number of hydrogen-bond acceptors (Lipinski definition) is 6. The van der Waals surface area contributed by atoms with Crippen LogP contribution in [-0.2, 0) is 30.4 Å². The molecular weight excluding hydrogens is 454 g/mol. The number of fused-ring (bicyclic) bond motifs is 1. The largest absolute Gasteiger partial charge is 0.464 e. The van der Waals surface area contributed by atoms with Crippen LogP contribution in [-0.4, -0.2) is 29.1 Å². The summed E-state index contributed by atoms with van der Waals surface area (Å²) in [4.78, 5) is 29.1. The summed E-state index contributed by atoms with van der Waals surface area (Å²) >= 11 is 6.16. The van der Waals surface area contributed by atoms with E-state index in [0.29, 0.717) is 16.2 Å². The molecule has 0 aliphatic carbocycles. The number of benzene rings is 2. The Balaban J connectivity index is 2.30. The summed E-state index contributed by atoms with van der Waals surface area (Å²) in [5.41, 5.74) is 3.99. The van der Waals surface area contributed by atoms with Crippen LogP contribution in [0.15, 0.2) is 42.5 Å². The minimum atomic E-state index is -0.934. The number of esters is 2. The monoisotopic (exact) mass is 483 g/mol. The van der Waals surface area contributed by atoms with Crippen molar-refractivity contribution < 1.29 is 23.8 Å². The molecule has 1 atom stereocenters. The summed E-state index contributed by atoms with van der Waals surface area (Å²) < 4.78 is 16.8. The number of halogens is 1. The molecule has 0 saturated heterocycles. The number of aromatic nitrogens is 1. The lowest BCUT2D eigenvalue weighted by Crippen LogP contribution is -2.29. The molecule has 0 N–H and O–H groups in total. The lowest BCUT2D eigenvalue weighted by molar-refractivity contribution is -0.166. The minimum absolute atomic E-state index is 0.0843. The maximum atomic E-state index is 13.1. The second-order valence-electron chi connectivity index (χ2n) is 9.00. The first kappa shape index (κ1) is 25.7. The van der Waals surface area contributed by atoms with Crippen molar-refractivity contribution >= 4 is 34.4 Å². The molecule has 0 radical (unpaired) electrons. The fourth-order valence-electron chi connectivity index (χ4n) is 3.78. The molecular formula is C27H30ClNO5. The Kier molecular flexibility index (Phi) is 7.95. The van der Waals surface area contributed by atoms with Gasteiger partial charge >= 0.3 is 11.9 Å². The Morgan fingerprint density at radius 1 is 1.06 bits per heavy atom. The smallest absolute Gasteiger partial charge is 0.339 e. The van der Waals surface area contributed by atoms with E-state index in [1.54, 1.807) is 19.1 Å². The van der Waals surface area contributed by atoms with Crippen LogP contribution in [0.1, 0.15) is 57.5 Å². The first-order chi connectivity index (χ1) is 16.0. The number of hydrogen-bond donors (Lipinski definition) is 0. The lowest BCUT2D eigenvalue weighted by atomic mass is 9.88. The molecule has 180 valence electrons. The highest BCUT2D eigenvalue weighted by Gasteiger charge is 2.33. The fourth-order valence-corrected chi connectivity index (χ4v) is 3.91. The average Bonchev–Trinajstić information content (AvgIpc) is 2.75. The third-order valence-electron chi connectivity index (χ3n) is 5.09. The molecule has 3 aromatic rings. The summed E-state index contributed by atoms with van der Waals surface area (Å²) in [5.74, 6) is -0.818. The van der Waals surface area contributed by atoms with Gasteiger partial charge < -0.3 is 14.2 Å². The van der Waals surface area contributed by atoms with Gasteiger partial charge in [0.1, 0.15) is 6.61 Å². The van der Waals surface area contributed by atoms with E-state index in [-0.39, 0.29) is 19.2 Å². The van der Waals surface area contributed by atoms with Crippen LogP contribution in [0.4, 0.5) is 0 Å². The van der Waals surface area contributed by atoms with Gasteiger partial charge in [-0.25, -0.2) is 9.78 Å². The lowest BCUT2D eigenvalue weighted by Gasteiger charge is -2.29. The van der Waals surface area contributed by atoms with Crippen molar-refractivity contribution in [1.82, 2.24) is 4.98 Å². The maximum absolute atomic E-state index is 13.1. The van der Waals surface area contributed by atoms with Crippen molar-refractivity contribution in [3.05, 3.63) is 64.3 Å². The molecule has 0 spiro atoms. The maximum Gasteiger partial charge on any atom is 0.339 e. The predicted octanol–water partition coefficient (Wildman–Crippen LogP) is 6.35. The Hall–Kier alpha value is -2.96. The second kappa shape index (κ2) is 10.5.